The van der Waals surface area contributed by atoms with Gasteiger partial charge in [0.1, 0.15) is 0 Å². The summed E-state index contributed by atoms with van der Waals surface area (Å²) in [7, 11) is 0. The van der Waals surface area contributed by atoms with Crippen LogP contribution < -0.4 is 5.32 Å². The summed E-state index contributed by atoms with van der Waals surface area (Å²) in [5, 5.41) is 3.91. The van der Waals surface area contributed by atoms with Gasteiger partial charge in [-0.05, 0) is 25.3 Å². The normalized spacial score (nSPS) is 10.1. The molecule has 0 aromatic heterocycles. The van der Waals surface area contributed by atoms with Crippen LogP contribution in [0, 0.1) is 0 Å². The van der Waals surface area contributed by atoms with Crippen molar-refractivity contribution in [3.63, 3.8) is 0 Å². The average Bonchev–Trinajstić information content (AvgIpc) is 2.22. The van der Waals surface area contributed by atoms with Crippen LogP contribution in [0.1, 0.15) is 17.3 Å². The Morgan fingerprint density at radius 3 is 2.53 bits per heavy atom. The second kappa shape index (κ2) is 5.64. The number of benzene rings is 1. The fraction of sp³-hybridized carbons (Fsp3) is 0.300. The molecule has 2 nitrogen and oxygen atoms in total. The van der Waals surface area contributed by atoms with Gasteiger partial charge in [-0.25, -0.2) is 0 Å². The molecule has 0 spiro atoms. The number of thioether (sulfide) groups is 1. The van der Waals surface area contributed by atoms with Crippen LogP contribution in [0.15, 0.2) is 12.1 Å². The number of rotatable bonds is 3. The Hall–Kier alpha value is -0.380. The largest absolute Gasteiger partial charge is 0.385 e. The molecular weight excluding hydrogens is 253 g/mol. The third-order valence-electron chi connectivity index (χ3n) is 1.83. The summed E-state index contributed by atoms with van der Waals surface area (Å²) in [6.45, 7) is 2.68. The van der Waals surface area contributed by atoms with Crippen LogP contribution in [0.5, 0.6) is 0 Å². The minimum Gasteiger partial charge on any atom is -0.385 e. The van der Waals surface area contributed by atoms with Gasteiger partial charge < -0.3 is 5.32 Å². The van der Waals surface area contributed by atoms with Crippen LogP contribution in [-0.2, 0) is 0 Å². The molecule has 1 aromatic carbocycles. The zero-order valence-electron chi connectivity index (χ0n) is 8.43. The van der Waals surface area contributed by atoms with Crippen LogP contribution in [0.2, 0.25) is 10.0 Å². The van der Waals surface area contributed by atoms with Crippen molar-refractivity contribution < 1.29 is 4.79 Å². The third-order valence-corrected chi connectivity index (χ3v) is 3.15. The number of nitrogens with one attached hydrogen (secondary N) is 1. The van der Waals surface area contributed by atoms with Gasteiger partial charge in [0.2, 0.25) is 5.12 Å². The van der Waals surface area contributed by atoms with E-state index in [1.165, 1.54) is 0 Å². The first-order valence-electron chi connectivity index (χ1n) is 4.41. The fourth-order valence-electron chi connectivity index (χ4n) is 1.16. The quantitative estimate of drug-likeness (QED) is 0.896. The maximum Gasteiger partial charge on any atom is 0.221 e. The van der Waals surface area contributed by atoms with E-state index in [1.54, 1.807) is 18.4 Å². The number of hydrogen-bond donors (Lipinski definition) is 1. The van der Waals surface area contributed by atoms with Crippen molar-refractivity contribution in [3.8, 4) is 0 Å². The molecular formula is C10H11Cl2NOS. The molecule has 0 bridgehead atoms. The smallest absolute Gasteiger partial charge is 0.221 e. The van der Waals surface area contributed by atoms with Crippen molar-refractivity contribution in [2.75, 3.05) is 18.1 Å². The van der Waals surface area contributed by atoms with Gasteiger partial charge in [-0.3, -0.25) is 4.79 Å². The van der Waals surface area contributed by atoms with Gasteiger partial charge in [-0.2, -0.15) is 0 Å². The van der Waals surface area contributed by atoms with Gasteiger partial charge in [0.15, 0.2) is 0 Å². The van der Waals surface area contributed by atoms with E-state index in [9.17, 15) is 4.79 Å². The average molecular weight is 264 g/mol. The summed E-state index contributed by atoms with van der Waals surface area (Å²) >= 11 is 12.9. The predicted molar refractivity (Wildman–Crippen MR) is 68.5 cm³/mol. The number of anilines is 1. The zero-order chi connectivity index (χ0) is 11.4. The Labute approximate surface area is 103 Å². The second-order valence-electron chi connectivity index (χ2n) is 2.83. The van der Waals surface area contributed by atoms with Crippen molar-refractivity contribution in [2.45, 2.75) is 6.92 Å². The Kier molecular flexibility index (Phi) is 4.77. The van der Waals surface area contributed by atoms with Crippen molar-refractivity contribution in [2.24, 2.45) is 0 Å². The molecule has 0 aliphatic carbocycles. The first kappa shape index (κ1) is 12.7. The lowest BCUT2D eigenvalue weighted by Crippen LogP contribution is -2.04. The second-order valence-corrected chi connectivity index (χ2v) is 4.43. The molecule has 0 aliphatic heterocycles. The highest BCUT2D eigenvalue weighted by Crippen LogP contribution is 2.30. The SMILES string of the molecule is CCNc1cc(Cl)c(Cl)cc1C(=O)SC. The van der Waals surface area contributed by atoms with E-state index in [1.807, 2.05) is 6.92 Å². The molecule has 15 heavy (non-hydrogen) atoms. The monoisotopic (exact) mass is 263 g/mol. The predicted octanol–water partition coefficient (Wildman–Crippen LogP) is 3.93. The molecule has 0 radical (unpaired) electrons. The lowest BCUT2D eigenvalue weighted by atomic mass is 10.2. The van der Waals surface area contributed by atoms with E-state index >= 15 is 0 Å². The van der Waals surface area contributed by atoms with Gasteiger partial charge >= 0.3 is 0 Å². The van der Waals surface area contributed by atoms with Crippen LogP contribution in [0.3, 0.4) is 0 Å². The number of carbonyl (C=O) groups is 1. The van der Waals surface area contributed by atoms with Crippen molar-refractivity contribution >= 4 is 45.8 Å². The molecule has 0 atom stereocenters. The first-order valence-corrected chi connectivity index (χ1v) is 6.39. The Balaban J connectivity index is 3.21. The lowest BCUT2D eigenvalue weighted by molar-refractivity contribution is 0.109. The maximum atomic E-state index is 11.6. The van der Waals surface area contributed by atoms with E-state index in [0.717, 1.165) is 24.0 Å². The van der Waals surface area contributed by atoms with E-state index in [2.05, 4.69) is 5.32 Å². The molecule has 0 amide bonds. The highest BCUT2D eigenvalue weighted by molar-refractivity contribution is 8.13. The highest BCUT2D eigenvalue weighted by Gasteiger charge is 2.13. The van der Waals surface area contributed by atoms with Gasteiger partial charge in [0, 0.05) is 12.2 Å². The molecule has 0 unspecified atom stereocenters. The Morgan fingerprint density at radius 1 is 1.40 bits per heavy atom. The van der Waals surface area contributed by atoms with Crippen LogP contribution >= 0.6 is 35.0 Å². The lowest BCUT2D eigenvalue weighted by Gasteiger charge is -2.10. The van der Waals surface area contributed by atoms with Gasteiger partial charge in [0.25, 0.3) is 0 Å². The maximum absolute atomic E-state index is 11.6. The van der Waals surface area contributed by atoms with Crippen LogP contribution in [0.4, 0.5) is 5.69 Å². The van der Waals surface area contributed by atoms with Crippen LogP contribution in [-0.4, -0.2) is 17.9 Å². The van der Waals surface area contributed by atoms with Crippen LogP contribution in [0.25, 0.3) is 0 Å². The third kappa shape index (κ3) is 3.03. The number of halogens is 2. The molecule has 1 aromatic rings. The summed E-state index contributed by atoms with van der Waals surface area (Å²) in [4.78, 5) is 11.6. The summed E-state index contributed by atoms with van der Waals surface area (Å²) < 4.78 is 0. The molecule has 0 fully saturated rings. The van der Waals surface area contributed by atoms with Crippen molar-refractivity contribution in [1.29, 1.82) is 0 Å². The fourth-order valence-corrected chi connectivity index (χ4v) is 1.88. The molecule has 0 heterocycles. The topological polar surface area (TPSA) is 29.1 Å². The minimum atomic E-state index is -0.0236. The minimum absolute atomic E-state index is 0.0236. The molecule has 0 saturated carbocycles. The van der Waals surface area contributed by atoms with E-state index in [4.69, 9.17) is 23.2 Å². The first-order chi connectivity index (χ1) is 7.10. The summed E-state index contributed by atoms with van der Waals surface area (Å²) in [5.74, 6) is 0. The number of hydrogen-bond acceptors (Lipinski definition) is 3. The standard InChI is InChI=1S/C10H11Cl2NOS/c1-3-13-9-5-8(12)7(11)4-6(9)10(14)15-2/h4-5,13H,3H2,1-2H3. The Morgan fingerprint density at radius 2 is 2.00 bits per heavy atom. The molecule has 0 aliphatic rings. The number of carbonyl (C=O) groups excluding carboxylic acids is 1. The van der Waals surface area contributed by atoms with Crippen molar-refractivity contribution in [1.82, 2.24) is 0 Å². The molecule has 1 N–H and O–H groups in total. The van der Waals surface area contributed by atoms with E-state index in [-0.39, 0.29) is 5.12 Å². The molecule has 1 rings (SSSR count). The summed E-state index contributed by atoms with van der Waals surface area (Å²) in [6.07, 6.45) is 1.74. The van der Waals surface area contributed by atoms with E-state index < -0.39 is 0 Å². The van der Waals surface area contributed by atoms with Gasteiger partial charge in [0.05, 0.1) is 15.6 Å². The summed E-state index contributed by atoms with van der Waals surface area (Å²) in [5.41, 5.74) is 1.30. The van der Waals surface area contributed by atoms with Crippen molar-refractivity contribution in [3.05, 3.63) is 27.7 Å². The molecule has 5 heteroatoms. The molecule has 0 saturated heterocycles. The Bertz CT molecular complexity index is 382. The van der Waals surface area contributed by atoms with Gasteiger partial charge in [-0.15, -0.1) is 0 Å². The summed E-state index contributed by atoms with van der Waals surface area (Å²) in [6, 6.07) is 3.28. The van der Waals surface area contributed by atoms with E-state index in [0.29, 0.717) is 15.6 Å². The highest BCUT2D eigenvalue weighted by atomic mass is 35.5. The molecule has 82 valence electrons. The zero-order valence-corrected chi connectivity index (χ0v) is 10.8. The van der Waals surface area contributed by atoms with Gasteiger partial charge in [-0.1, -0.05) is 35.0 Å².